The summed E-state index contributed by atoms with van der Waals surface area (Å²) in [7, 11) is 1.26. The lowest BCUT2D eigenvalue weighted by atomic mass is 9.99. The van der Waals surface area contributed by atoms with Gasteiger partial charge in [0.05, 0.1) is 12.0 Å². The number of halogens is 4. The minimum absolute atomic E-state index is 0.0548. The Morgan fingerprint density at radius 2 is 1.91 bits per heavy atom. The molecule has 0 aliphatic carbocycles. The van der Waals surface area contributed by atoms with Crippen LogP contribution in [-0.4, -0.2) is 34.6 Å². The molecule has 1 aromatic carbocycles. The Balaban J connectivity index is 1.49. The van der Waals surface area contributed by atoms with E-state index in [0.717, 1.165) is 11.5 Å². The van der Waals surface area contributed by atoms with Gasteiger partial charge in [0.2, 0.25) is 5.95 Å². The number of benzene rings is 1. The van der Waals surface area contributed by atoms with Crippen molar-refractivity contribution in [2.45, 2.75) is 25.4 Å². The van der Waals surface area contributed by atoms with Crippen molar-refractivity contribution >= 4 is 33.2 Å². The molecule has 1 atom stereocenters. The molecule has 0 amide bonds. The molecule has 0 unspecified atom stereocenters. The number of nitrogens with one attached hydrogen (secondary N) is 1. The van der Waals surface area contributed by atoms with E-state index >= 15 is 0 Å². The average Bonchev–Trinajstić information content (AvgIpc) is 3.26. The Labute approximate surface area is 202 Å². The van der Waals surface area contributed by atoms with Crippen molar-refractivity contribution in [2.24, 2.45) is 0 Å². The fourth-order valence-electron chi connectivity index (χ4n) is 3.51. The van der Waals surface area contributed by atoms with Gasteiger partial charge in [0.25, 0.3) is 0 Å². The van der Waals surface area contributed by atoms with Crippen LogP contribution in [0.3, 0.4) is 0 Å². The van der Waals surface area contributed by atoms with Gasteiger partial charge in [0, 0.05) is 30.4 Å². The number of aromatic nitrogens is 3. The highest BCUT2D eigenvalue weighted by Gasteiger charge is 2.32. The molecule has 0 aliphatic heterocycles. The van der Waals surface area contributed by atoms with Crippen LogP contribution in [0.2, 0.25) is 0 Å². The molecule has 0 radical (unpaired) electrons. The fraction of sp³-hybridized carbons (Fsp3) is 0.250. The number of anilines is 1. The number of alkyl halides is 3. The Morgan fingerprint density at radius 3 is 2.60 bits per heavy atom. The van der Waals surface area contributed by atoms with Gasteiger partial charge in [0.1, 0.15) is 5.69 Å². The molecular weight excluding hydrogens is 484 g/mol. The molecule has 182 valence electrons. The minimum atomic E-state index is -4.47. The van der Waals surface area contributed by atoms with Crippen LogP contribution < -0.4 is 5.32 Å². The molecule has 0 aliphatic rings. The number of esters is 1. The number of ether oxygens (including phenoxy) is 1. The average molecular weight is 505 g/mol. The van der Waals surface area contributed by atoms with Crippen LogP contribution >= 0.6 is 11.3 Å². The molecule has 0 spiro atoms. The summed E-state index contributed by atoms with van der Waals surface area (Å²) in [6, 6.07) is 9.05. The Kier molecular flexibility index (Phi) is 6.97. The lowest BCUT2D eigenvalue weighted by Crippen LogP contribution is -2.10. The van der Waals surface area contributed by atoms with E-state index in [-0.39, 0.29) is 11.6 Å². The number of rotatable bonds is 7. The summed E-state index contributed by atoms with van der Waals surface area (Å²) in [5, 5.41) is 5.04. The molecule has 6 nitrogen and oxygen atoms in total. The zero-order chi connectivity index (χ0) is 25.2. The molecular formula is C24H20F4N4O2S. The third-order valence-electron chi connectivity index (χ3n) is 5.46. The molecule has 0 saturated heterocycles. The Morgan fingerprint density at radius 1 is 1.11 bits per heavy atom. The lowest BCUT2D eigenvalue weighted by molar-refractivity contribution is -0.141. The van der Waals surface area contributed by atoms with E-state index in [4.69, 9.17) is 4.74 Å². The molecule has 11 heteroatoms. The highest BCUT2D eigenvalue weighted by molar-refractivity contribution is 7.19. The third kappa shape index (κ3) is 5.56. The minimum Gasteiger partial charge on any atom is -0.464 e. The smallest absolute Gasteiger partial charge is 0.433 e. The van der Waals surface area contributed by atoms with E-state index < -0.39 is 23.8 Å². The van der Waals surface area contributed by atoms with Crippen molar-refractivity contribution in [2.75, 3.05) is 19.0 Å². The monoisotopic (exact) mass is 504 g/mol. The number of carbonyl (C=O) groups is 1. The fourth-order valence-corrected chi connectivity index (χ4v) is 4.48. The van der Waals surface area contributed by atoms with Crippen LogP contribution in [0, 0.1) is 5.95 Å². The maximum absolute atomic E-state index is 13.6. The van der Waals surface area contributed by atoms with Crippen LogP contribution in [0.15, 0.2) is 48.8 Å². The molecule has 4 rings (SSSR count). The van der Waals surface area contributed by atoms with Gasteiger partial charge >= 0.3 is 12.1 Å². The molecule has 3 heterocycles. The van der Waals surface area contributed by atoms with Crippen LogP contribution in [0.1, 0.15) is 41.0 Å². The van der Waals surface area contributed by atoms with Crippen molar-refractivity contribution in [3.8, 4) is 10.4 Å². The summed E-state index contributed by atoms with van der Waals surface area (Å²) in [4.78, 5) is 24.4. The number of carbonyl (C=O) groups excluding carboxylic acids is 1. The predicted molar refractivity (Wildman–Crippen MR) is 125 cm³/mol. The van der Waals surface area contributed by atoms with Crippen LogP contribution in [-0.2, 0) is 10.9 Å². The maximum atomic E-state index is 13.6. The Bertz CT molecular complexity index is 1360. The van der Waals surface area contributed by atoms with Crippen molar-refractivity contribution in [3.05, 3.63) is 71.7 Å². The lowest BCUT2D eigenvalue weighted by Gasteiger charge is -2.13. The standard InChI is InChI=1S/C24H20F4N4O2S/c1-13(15-5-6-18(30-11-15)24(26,27)28)7-8-29-23-32-20(22(33)34-2)21(35-23)14-3-4-16-12-31-19(25)10-17(16)9-14/h3-6,9-13H,7-8H2,1-2H3,(H,29,32)/t13-/m1/s1. The normalized spacial score (nSPS) is 12.5. The van der Waals surface area contributed by atoms with Gasteiger partial charge in [-0.05, 0) is 41.0 Å². The van der Waals surface area contributed by atoms with E-state index in [1.807, 2.05) is 6.92 Å². The second kappa shape index (κ2) is 9.95. The van der Waals surface area contributed by atoms with Crippen molar-refractivity contribution in [1.29, 1.82) is 0 Å². The van der Waals surface area contributed by atoms with Crippen molar-refractivity contribution in [3.63, 3.8) is 0 Å². The molecule has 0 bridgehead atoms. The maximum Gasteiger partial charge on any atom is 0.433 e. The quantitative estimate of drug-likeness (QED) is 0.181. The summed E-state index contributed by atoms with van der Waals surface area (Å²) in [6.45, 7) is 2.35. The van der Waals surface area contributed by atoms with Crippen LogP contribution in [0.25, 0.3) is 21.2 Å². The number of pyridine rings is 2. The van der Waals surface area contributed by atoms with E-state index in [1.165, 1.54) is 43.0 Å². The number of hydrogen-bond acceptors (Lipinski definition) is 7. The van der Waals surface area contributed by atoms with E-state index in [2.05, 4.69) is 20.3 Å². The third-order valence-corrected chi connectivity index (χ3v) is 6.52. The van der Waals surface area contributed by atoms with Gasteiger partial charge in [-0.15, -0.1) is 0 Å². The number of thiazole rings is 1. The van der Waals surface area contributed by atoms with Gasteiger partial charge in [-0.3, -0.25) is 4.98 Å². The molecule has 4 aromatic rings. The number of fused-ring (bicyclic) bond motifs is 1. The van der Waals surface area contributed by atoms with Gasteiger partial charge in [-0.25, -0.2) is 14.8 Å². The first-order chi connectivity index (χ1) is 16.7. The summed E-state index contributed by atoms with van der Waals surface area (Å²) >= 11 is 1.25. The molecule has 0 saturated carbocycles. The Hall–Kier alpha value is -3.60. The zero-order valence-corrected chi connectivity index (χ0v) is 19.5. The van der Waals surface area contributed by atoms with Crippen LogP contribution in [0.5, 0.6) is 0 Å². The highest BCUT2D eigenvalue weighted by atomic mass is 32.1. The molecule has 35 heavy (non-hydrogen) atoms. The summed E-state index contributed by atoms with van der Waals surface area (Å²) < 4.78 is 56.6. The SMILES string of the molecule is COC(=O)c1nc(NCC[C@@H](C)c2ccc(C(F)(F)F)nc2)sc1-c1ccc2cnc(F)cc2c1. The number of methoxy groups -OCH3 is 1. The van der Waals surface area contributed by atoms with E-state index in [1.54, 1.807) is 18.2 Å². The zero-order valence-electron chi connectivity index (χ0n) is 18.7. The molecule has 1 N–H and O–H groups in total. The van der Waals surface area contributed by atoms with E-state index in [0.29, 0.717) is 39.5 Å². The van der Waals surface area contributed by atoms with Gasteiger partial charge in [0.15, 0.2) is 10.8 Å². The van der Waals surface area contributed by atoms with Gasteiger partial charge in [-0.1, -0.05) is 36.5 Å². The first-order valence-corrected chi connectivity index (χ1v) is 11.4. The summed E-state index contributed by atoms with van der Waals surface area (Å²) in [5.74, 6) is -1.26. The number of hydrogen-bond donors (Lipinski definition) is 1. The topological polar surface area (TPSA) is 77.0 Å². The molecule has 0 fully saturated rings. The second-order valence-corrected chi connectivity index (χ2v) is 8.85. The van der Waals surface area contributed by atoms with Gasteiger partial charge < -0.3 is 10.1 Å². The number of nitrogens with zero attached hydrogens (tertiary/aromatic N) is 3. The van der Waals surface area contributed by atoms with Gasteiger partial charge in [-0.2, -0.15) is 17.6 Å². The summed E-state index contributed by atoms with van der Waals surface area (Å²) in [5.41, 5.74) is 0.574. The molecule has 3 aromatic heterocycles. The summed E-state index contributed by atoms with van der Waals surface area (Å²) in [6.07, 6.45) is -1.21. The highest BCUT2D eigenvalue weighted by Crippen LogP contribution is 2.35. The van der Waals surface area contributed by atoms with Crippen LogP contribution in [0.4, 0.5) is 22.7 Å². The van der Waals surface area contributed by atoms with Crippen molar-refractivity contribution in [1.82, 2.24) is 15.0 Å². The predicted octanol–water partition coefficient (Wildman–Crippen LogP) is 6.30. The van der Waals surface area contributed by atoms with E-state index in [9.17, 15) is 22.4 Å². The van der Waals surface area contributed by atoms with Crippen molar-refractivity contribution < 1.29 is 27.1 Å². The first kappa shape index (κ1) is 24.5. The largest absolute Gasteiger partial charge is 0.464 e. The first-order valence-electron chi connectivity index (χ1n) is 10.6. The second-order valence-electron chi connectivity index (χ2n) is 7.85.